The number of benzene rings is 3. The number of hydrogen-bond donors (Lipinski definition) is 1. The Morgan fingerprint density at radius 3 is 2.51 bits per heavy atom. The van der Waals surface area contributed by atoms with Gasteiger partial charge in [0.2, 0.25) is 0 Å². The van der Waals surface area contributed by atoms with E-state index in [9.17, 15) is 9.90 Å². The van der Waals surface area contributed by atoms with Crippen LogP contribution in [0.15, 0.2) is 54.6 Å². The van der Waals surface area contributed by atoms with Gasteiger partial charge >= 0.3 is 5.97 Å². The molecular formula is C34H37FO4. The normalized spacial score (nSPS) is 26.4. The molecule has 0 heterocycles. The van der Waals surface area contributed by atoms with Gasteiger partial charge in [-0.25, -0.2) is 4.39 Å². The molecule has 0 amide bonds. The summed E-state index contributed by atoms with van der Waals surface area (Å²) in [5.41, 5.74) is 5.95. The van der Waals surface area contributed by atoms with Gasteiger partial charge in [0.15, 0.2) is 0 Å². The smallest absolute Gasteiger partial charge is 0.307 e. The highest BCUT2D eigenvalue weighted by Crippen LogP contribution is 2.66. The molecule has 204 valence electrons. The molecule has 3 aliphatic rings. The quantitative estimate of drug-likeness (QED) is 0.339. The second kappa shape index (κ2) is 9.39. The van der Waals surface area contributed by atoms with Gasteiger partial charge in [0.05, 0.1) is 13.0 Å². The molecule has 0 aliphatic heterocycles. The van der Waals surface area contributed by atoms with E-state index in [1.807, 2.05) is 18.2 Å². The van der Waals surface area contributed by atoms with Crippen LogP contribution in [0.1, 0.15) is 74.6 Å². The Balaban J connectivity index is 1.31. The minimum absolute atomic E-state index is 0.125. The van der Waals surface area contributed by atoms with Crippen molar-refractivity contribution >= 4 is 5.97 Å². The molecule has 39 heavy (non-hydrogen) atoms. The molecule has 1 spiro atoms. The monoisotopic (exact) mass is 528 g/mol. The Hall–Kier alpha value is -3.34. The fraction of sp³-hybridized carbons (Fsp3) is 0.441. The van der Waals surface area contributed by atoms with Crippen molar-refractivity contribution in [2.45, 2.75) is 70.8 Å². The number of hydrogen-bond acceptors (Lipinski definition) is 3. The summed E-state index contributed by atoms with van der Waals surface area (Å²) in [7, 11) is 1.60. The lowest BCUT2D eigenvalue weighted by Gasteiger charge is -2.30. The summed E-state index contributed by atoms with van der Waals surface area (Å²) in [5.74, 6) is 0.616. The van der Waals surface area contributed by atoms with E-state index in [-0.39, 0.29) is 28.5 Å². The number of fused-ring (bicyclic) bond motifs is 2. The number of ether oxygens (including phenoxy) is 2. The third-order valence-corrected chi connectivity index (χ3v) is 10.0. The Kier molecular flexibility index (Phi) is 6.24. The van der Waals surface area contributed by atoms with Crippen LogP contribution >= 0.6 is 0 Å². The van der Waals surface area contributed by atoms with E-state index < -0.39 is 5.97 Å². The predicted molar refractivity (Wildman–Crippen MR) is 150 cm³/mol. The third kappa shape index (κ3) is 4.21. The SMILES string of the molecule is COc1ccc(F)c(-c2ccc(COc3ccc4c(c3)[C@@]3(CC4)[C@H](C)[C@@H]3C(=O)O)cc2[C@H]2CCCC2(C)C)c1. The van der Waals surface area contributed by atoms with E-state index in [0.717, 1.165) is 60.1 Å². The van der Waals surface area contributed by atoms with Crippen molar-refractivity contribution in [3.8, 4) is 22.6 Å². The van der Waals surface area contributed by atoms with Gasteiger partial charge in [-0.05, 0) is 101 Å². The molecule has 2 saturated carbocycles. The number of methoxy groups -OCH3 is 1. The van der Waals surface area contributed by atoms with Crippen LogP contribution in [-0.4, -0.2) is 18.2 Å². The molecule has 4 nitrogen and oxygen atoms in total. The summed E-state index contributed by atoms with van der Waals surface area (Å²) in [6, 6.07) is 17.3. The van der Waals surface area contributed by atoms with Crippen molar-refractivity contribution in [3.05, 3.63) is 82.7 Å². The summed E-state index contributed by atoms with van der Waals surface area (Å²) in [6.45, 7) is 7.07. The van der Waals surface area contributed by atoms with Crippen molar-refractivity contribution < 1.29 is 23.8 Å². The molecule has 2 fully saturated rings. The number of halogens is 1. The van der Waals surface area contributed by atoms with Crippen LogP contribution in [0.5, 0.6) is 11.5 Å². The first-order chi connectivity index (χ1) is 18.7. The average molecular weight is 529 g/mol. The van der Waals surface area contributed by atoms with Crippen LogP contribution in [0.25, 0.3) is 11.1 Å². The molecule has 1 N–H and O–H groups in total. The van der Waals surface area contributed by atoms with Gasteiger partial charge < -0.3 is 14.6 Å². The molecule has 0 aromatic heterocycles. The van der Waals surface area contributed by atoms with Gasteiger partial charge in [0.1, 0.15) is 23.9 Å². The van der Waals surface area contributed by atoms with Gasteiger partial charge in [0.25, 0.3) is 0 Å². The predicted octanol–water partition coefficient (Wildman–Crippen LogP) is 7.91. The van der Waals surface area contributed by atoms with Gasteiger partial charge in [-0.2, -0.15) is 0 Å². The van der Waals surface area contributed by atoms with Crippen molar-refractivity contribution in [1.29, 1.82) is 0 Å². The second-order valence-electron chi connectivity index (χ2n) is 12.5. The largest absolute Gasteiger partial charge is 0.497 e. The van der Waals surface area contributed by atoms with Gasteiger partial charge in [-0.1, -0.05) is 51.5 Å². The Morgan fingerprint density at radius 1 is 1.03 bits per heavy atom. The van der Waals surface area contributed by atoms with Gasteiger partial charge in [0, 0.05) is 11.0 Å². The highest BCUT2D eigenvalue weighted by Gasteiger charge is 2.68. The van der Waals surface area contributed by atoms with E-state index in [1.165, 1.54) is 11.6 Å². The van der Waals surface area contributed by atoms with E-state index >= 15 is 4.39 Å². The standard InChI is InChI=1S/C34H37FO4/c1-20-31(32(36)37)34(20)15-13-22-8-9-24(18-29(22)34)39-19-21-7-11-25(27-17-23(38-4)10-12-30(27)35)26(16-21)28-6-5-14-33(28,2)3/h7-12,16-18,20,28,31H,5-6,13-15,19H2,1-4H3,(H,36,37)/t20-,28-,31-,34-/m1/s1. The zero-order chi connectivity index (χ0) is 27.5. The van der Waals surface area contributed by atoms with Gasteiger partial charge in [-0.15, -0.1) is 0 Å². The number of rotatable bonds is 7. The van der Waals surface area contributed by atoms with E-state index in [2.05, 4.69) is 39.0 Å². The molecule has 0 unspecified atom stereocenters. The topological polar surface area (TPSA) is 55.8 Å². The summed E-state index contributed by atoms with van der Waals surface area (Å²) in [5, 5.41) is 9.74. The van der Waals surface area contributed by atoms with Crippen molar-refractivity contribution in [1.82, 2.24) is 0 Å². The number of carboxylic acids is 1. The lowest BCUT2D eigenvalue weighted by molar-refractivity contribution is -0.139. The Bertz CT molecular complexity index is 1440. The lowest BCUT2D eigenvalue weighted by atomic mass is 9.75. The summed E-state index contributed by atoms with van der Waals surface area (Å²) in [6.07, 6.45) is 5.20. The summed E-state index contributed by atoms with van der Waals surface area (Å²) < 4.78 is 26.8. The van der Waals surface area contributed by atoms with Crippen LogP contribution in [0, 0.1) is 23.1 Å². The fourth-order valence-corrected chi connectivity index (χ4v) is 7.78. The van der Waals surface area contributed by atoms with E-state index in [1.54, 1.807) is 19.2 Å². The summed E-state index contributed by atoms with van der Waals surface area (Å²) >= 11 is 0. The van der Waals surface area contributed by atoms with Crippen molar-refractivity contribution in [3.63, 3.8) is 0 Å². The molecule has 5 heteroatoms. The molecule has 3 aromatic carbocycles. The first-order valence-electron chi connectivity index (χ1n) is 14.1. The van der Waals surface area contributed by atoms with E-state index in [4.69, 9.17) is 9.47 Å². The molecule has 4 atom stereocenters. The lowest BCUT2D eigenvalue weighted by Crippen LogP contribution is -2.17. The first-order valence-corrected chi connectivity index (χ1v) is 14.1. The molecule has 6 rings (SSSR count). The van der Waals surface area contributed by atoms with Crippen LogP contribution in [0.3, 0.4) is 0 Å². The Labute approximate surface area is 230 Å². The second-order valence-corrected chi connectivity index (χ2v) is 12.5. The number of aliphatic carboxylic acids is 1. The zero-order valence-corrected chi connectivity index (χ0v) is 23.2. The van der Waals surface area contributed by atoms with E-state index in [0.29, 0.717) is 23.8 Å². The first kappa shape index (κ1) is 25.9. The van der Waals surface area contributed by atoms with Crippen molar-refractivity contribution in [2.75, 3.05) is 7.11 Å². The maximum Gasteiger partial charge on any atom is 0.307 e. The van der Waals surface area contributed by atoms with Crippen LogP contribution in [0.2, 0.25) is 0 Å². The molecule has 0 saturated heterocycles. The number of aryl methyl sites for hydroxylation is 1. The number of carboxylic acid groups (broad SMARTS) is 1. The maximum absolute atomic E-state index is 15.1. The van der Waals surface area contributed by atoms with Crippen LogP contribution < -0.4 is 9.47 Å². The maximum atomic E-state index is 15.1. The van der Waals surface area contributed by atoms with Gasteiger partial charge in [-0.3, -0.25) is 4.79 Å². The zero-order valence-electron chi connectivity index (χ0n) is 23.2. The third-order valence-electron chi connectivity index (χ3n) is 10.0. The van der Waals surface area contributed by atoms with Crippen LogP contribution in [0.4, 0.5) is 4.39 Å². The number of carbonyl (C=O) groups is 1. The minimum atomic E-state index is -0.698. The molecular weight excluding hydrogens is 491 g/mol. The molecule has 3 aliphatic carbocycles. The average Bonchev–Trinajstić information content (AvgIpc) is 3.15. The molecule has 0 radical (unpaired) electrons. The van der Waals surface area contributed by atoms with Crippen LogP contribution in [-0.2, 0) is 23.2 Å². The summed E-state index contributed by atoms with van der Waals surface area (Å²) in [4.78, 5) is 11.9. The highest BCUT2D eigenvalue weighted by molar-refractivity contribution is 5.79. The highest BCUT2D eigenvalue weighted by atomic mass is 19.1. The minimum Gasteiger partial charge on any atom is -0.497 e. The Morgan fingerprint density at radius 2 is 1.82 bits per heavy atom. The van der Waals surface area contributed by atoms with Crippen molar-refractivity contribution in [2.24, 2.45) is 17.3 Å². The molecule has 3 aromatic rings. The molecule has 0 bridgehead atoms. The fourth-order valence-electron chi connectivity index (χ4n) is 7.78.